The van der Waals surface area contributed by atoms with Crippen LogP contribution >= 0.6 is 0 Å². The highest BCUT2D eigenvalue weighted by atomic mass is 19.1. The van der Waals surface area contributed by atoms with Crippen LogP contribution < -0.4 is 10.3 Å². The third-order valence-corrected chi connectivity index (χ3v) is 5.86. The number of hydrogen-bond acceptors (Lipinski definition) is 4. The summed E-state index contributed by atoms with van der Waals surface area (Å²) in [5, 5.41) is 9.45. The van der Waals surface area contributed by atoms with Gasteiger partial charge in [0.05, 0.1) is 35.8 Å². The number of aromatic nitrogens is 2. The highest BCUT2D eigenvalue weighted by Gasteiger charge is 2.27. The lowest BCUT2D eigenvalue weighted by molar-refractivity contribution is -0.143. The summed E-state index contributed by atoms with van der Waals surface area (Å²) in [5.41, 5.74) is 0.928. The van der Waals surface area contributed by atoms with Crippen LogP contribution in [0.15, 0.2) is 41.5 Å². The summed E-state index contributed by atoms with van der Waals surface area (Å²) in [4.78, 5) is 27.3. The SMILES string of the molecule is Cc1cc(F)cc(F)c1Cn1cnc(=O)c2cc(OC3CCC(C(=O)O)CC3)ccc21. The first-order valence-corrected chi connectivity index (χ1v) is 10.1. The molecule has 1 aliphatic rings. The minimum atomic E-state index is -0.774. The van der Waals surface area contributed by atoms with Crippen LogP contribution in [0.3, 0.4) is 0 Å². The molecule has 0 aliphatic heterocycles. The van der Waals surface area contributed by atoms with Crippen molar-refractivity contribution >= 4 is 16.9 Å². The molecule has 0 unspecified atom stereocenters. The number of carbonyl (C=O) groups is 1. The Morgan fingerprint density at radius 3 is 2.61 bits per heavy atom. The maximum absolute atomic E-state index is 14.3. The normalized spacial score (nSPS) is 18.8. The van der Waals surface area contributed by atoms with Crippen LogP contribution in [0.2, 0.25) is 0 Å². The van der Waals surface area contributed by atoms with Gasteiger partial charge in [0.2, 0.25) is 0 Å². The van der Waals surface area contributed by atoms with Crippen molar-refractivity contribution < 1.29 is 23.4 Å². The van der Waals surface area contributed by atoms with E-state index >= 15 is 0 Å². The molecule has 4 rings (SSSR count). The van der Waals surface area contributed by atoms with Crippen molar-refractivity contribution in [2.75, 3.05) is 0 Å². The highest BCUT2D eigenvalue weighted by molar-refractivity contribution is 5.79. The summed E-state index contributed by atoms with van der Waals surface area (Å²) < 4.78 is 35.3. The molecule has 0 bridgehead atoms. The third kappa shape index (κ3) is 4.42. The van der Waals surface area contributed by atoms with Gasteiger partial charge in [-0.3, -0.25) is 9.59 Å². The Morgan fingerprint density at radius 2 is 1.94 bits per heavy atom. The maximum Gasteiger partial charge on any atom is 0.306 e. The Balaban J connectivity index is 1.59. The highest BCUT2D eigenvalue weighted by Crippen LogP contribution is 2.29. The van der Waals surface area contributed by atoms with E-state index in [0.717, 1.165) is 6.07 Å². The number of halogens is 2. The zero-order valence-corrected chi connectivity index (χ0v) is 17.0. The summed E-state index contributed by atoms with van der Waals surface area (Å²) >= 11 is 0. The molecule has 3 aromatic rings. The van der Waals surface area contributed by atoms with Crippen LogP contribution in [-0.2, 0) is 11.3 Å². The molecule has 6 nitrogen and oxygen atoms in total. The Hall–Kier alpha value is -3.29. The number of fused-ring (bicyclic) bond motifs is 1. The van der Waals surface area contributed by atoms with E-state index < -0.39 is 23.2 Å². The summed E-state index contributed by atoms with van der Waals surface area (Å²) in [6.07, 6.45) is 3.63. The van der Waals surface area contributed by atoms with E-state index in [1.807, 2.05) is 0 Å². The van der Waals surface area contributed by atoms with Gasteiger partial charge in [-0.15, -0.1) is 0 Å². The van der Waals surface area contributed by atoms with E-state index in [9.17, 15) is 18.4 Å². The summed E-state index contributed by atoms with van der Waals surface area (Å²) in [7, 11) is 0. The predicted octanol–water partition coefficient (Wildman–Crippen LogP) is 4.05. The van der Waals surface area contributed by atoms with Gasteiger partial charge >= 0.3 is 5.97 Å². The molecule has 0 atom stereocenters. The van der Waals surface area contributed by atoms with Crippen LogP contribution in [-0.4, -0.2) is 26.7 Å². The summed E-state index contributed by atoms with van der Waals surface area (Å²) in [5.74, 6) is -1.89. The first-order valence-electron chi connectivity index (χ1n) is 10.1. The number of ether oxygens (including phenoxy) is 1. The fourth-order valence-corrected chi connectivity index (χ4v) is 4.11. The van der Waals surface area contributed by atoms with Gasteiger partial charge in [-0.25, -0.2) is 8.78 Å². The van der Waals surface area contributed by atoms with Gasteiger partial charge in [-0.1, -0.05) is 0 Å². The van der Waals surface area contributed by atoms with Crippen LogP contribution in [0.1, 0.15) is 36.8 Å². The Labute approximate surface area is 177 Å². The number of aryl methyl sites for hydroxylation is 1. The van der Waals surface area contributed by atoms with Gasteiger partial charge in [0.15, 0.2) is 0 Å². The van der Waals surface area contributed by atoms with E-state index in [1.54, 1.807) is 29.7 Å². The molecule has 1 fully saturated rings. The van der Waals surface area contributed by atoms with Crippen molar-refractivity contribution in [3.8, 4) is 5.75 Å². The molecule has 1 aliphatic carbocycles. The number of nitrogens with zero attached hydrogens (tertiary/aromatic N) is 2. The second-order valence-corrected chi connectivity index (χ2v) is 7.97. The van der Waals surface area contributed by atoms with Gasteiger partial charge < -0.3 is 14.4 Å². The molecule has 162 valence electrons. The van der Waals surface area contributed by atoms with Crippen molar-refractivity contribution in [3.63, 3.8) is 0 Å². The Kier molecular flexibility index (Phi) is 5.71. The number of carboxylic acid groups (broad SMARTS) is 1. The van der Waals surface area contributed by atoms with Crippen molar-refractivity contribution in [2.45, 2.75) is 45.3 Å². The monoisotopic (exact) mass is 428 g/mol. The first kappa shape index (κ1) is 21.0. The largest absolute Gasteiger partial charge is 0.490 e. The summed E-state index contributed by atoms with van der Waals surface area (Å²) in [6.45, 7) is 1.73. The zero-order chi connectivity index (χ0) is 22.1. The molecule has 1 saturated carbocycles. The van der Waals surface area contributed by atoms with Crippen LogP contribution in [0.4, 0.5) is 8.78 Å². The lowest BCUT2D eigenvalue weighted by atomic mass is 9.87. The van der Waals surface area contributed by atoms with E-state index in [0.29, 0.717) is 53.5 Å². The third-order valence-electron chi connectivity index (χ3n) is 5.86. The predicted molar refractivity (Wildman–Crippen MR) is 110 cm³/mol. The van der Waals surface area contributed by atoms with E-state index in [1.165, 1.54) is 12.4 Å². The van der Waals surface area contributed by atoms with E-state index in [4.69, 9.17) is 9.84 Å². The zero-order valence-electron chi connectivity index (χ0n) is 17.0. The molecule has 0 spiro atoms. The minimum absolute atomic E-state index is 0.0983. The molecule has 31 heavy (non-hydrogen) atoms. The topological polar surface area (TPSA) is 81.4 Å². The lowest BCUT2D eigenvalue weighted by Crippen LogP contribution is -2.27. The molecule has 0 saturated heterocycles. The van der Waals surface area contributed by atoms with Gasteiger partial charge in [0, 0.05) is 11.6 Å². The quantitative estimate of drug-likeness (QED) is 0.663. The van der Waals surface area contributed by atoms with Crippen molar-refractivity contribution in [3.05, 3.63) is 69.8 Å². The maximum atomic E-state index is 14.3. The second-order valence-electron chi connectivity index (χ2n) is 7.97. The van der Waals surface area contributed by atoms with E-state index in [-0.39, 0.29) is 18.6 Å². The molecule has 0 radical (unpaired) electrons. The molecule has 8 heteroatoms. The molecule has 1 N–H and O–H groups in total. The lowest BCUT2D eigenvalue weighted by Gasteiger charge is -2.26. The van der Waals surface area contributed by atoms with Gasteiger partial charge in [-0.05, 0) is 62.4 Å². The number of aliphatic carboxylic acids is 1. The van der Waals surface area contributed by atoms with Gasteiger partial charge in [0.25, 0.3) is 5.56 Å². The van der Waals surface area contributed by atoms with Crippen molar-refractivity contribution in [2.24, 2.45) is 5.92 Å². The van der Waals surface area contributed by atoms with Crippen LogP contribution in [0, 0.1) is 24.5 Å². The number of carboxylic acids is 1. The number of benzene rings is 2. The molecule has 1 heterocycles. The van der Waals surface area contributed by atoms with Gasteiger partial charge in [0.1, 0.15) is 17.4 Å². The van der Waals surface area contributed by atoms with Crippen molar-refractivity contribution in [1.82, 2.24) is 9.55 Å². The summed E-state index contributed by atoms with van der Waals surface area (Å²) in [6, 6.07) is 7.16. The van der Waals surface area contributed by atoms with E-state index in [2.05, 4.69) is 4.98 Å². The molecular weight excluding hydrogens is 406 g/mol. The molecular formula is C23H22F2N2O4. The Morgan fingerprint density at radius 1 is 1.19 bits per heavy atom. The van der Waals surface area contributed by atoms with Crippen LogP contribution in [0.25, 0.3) is 10.9 Å². The average molecular weight is 428 g/mol. The standard InChI is InChI=1S/C23H22F2N2O4/c1-13-8-15(24)9-20(25)19(13)11-27-12-26-22(28)18-10-17(6-7-21(18)27)31-16-4-2-14(3-5-16)23(29)30/h6-10,12,14,16H,2-5,11H2,1H3,(H,29,30). The van der Waals surface area contributed by atoms with Gasteiger partial charge in [-0.2, -0.15) is 4.98 Å². The fourth-order valence-electron chi connectivity index (χ4n) is 4.11. The molecule has 0 amide bonds. The van der Waals surface area contributed by atoms with Crippen LogP contribution in [0.5, 0.6) is 5.75 Å². The smallest absolute Gasteiger partial charge is 0.306 e. The fraction of sp³-hybridized carbons (Fsp3) is 0.348. The second kappa shape index (κ2) is 8.45. The average Bonchev–Trinajstić information content (AvgIpc) is 2.73. The molecule has 1 aromatic heterocycles. The number of rotatable bonds is 5. The van der Waals surface area contributed by atoms with Crippen molar-refractivity contribution in [1.29, 1.82) is 0 Å². The minimum Gasteiger partial charge on any atom is -0.490 e. The molecule has 2 aromatic carbocycles. The Bertz CT molecular complexity index is 1180. The number of hydrogen-bond donors (Lipinski definition) is 1. The first-order chi connectivity index (χ1) is 14.8.